The molecule has 6 nitrogen and oxygen atoms in total. The van der Waals surface area contributed by atoms with Crippen molar-refractivity contribution in [2.75, 3.05) is 5.75 Å². The number of rotatable bonds is 4. The standard InChI is InChI=1S/C12H12N2O4S2/c13-7-10-3-1-2-4-11(10)8-20(17,18)14-12-5-6-19(15,16)9-12/h1-6,12,14H,8-9H2. The predicted molar refractivity (Wildman–Crippen MR) is 73.6 cm³/mol. The number of sulfonamides is 1. The Balaban J connectivity index is 2.13. The SMILES string of the molecule is N#Cc1ccccc1CS(=O)(=O)NC1C=CS(=O)(=O)C1. The van der Waals surface area contributed by atoms with Gasteiger partial charge in [0.05, 0.1) is 29.2 Å². The van der Waals surface area contributed by atoms with Crippen LogP contribution in [0.15, 0.2) is 35.7 Å². The molecule has 1 atom stereocenters. The Bertz CT molecular complexity index is 789. The number of hydrogen-bond donors (Lipinski definition) is 1. The van der Waals surface area contributed by atoms with Crippen LogP contribution in [0.2, 0.25) is 0 Å². The molecular weight excluding hydrogens is 300 g/mol. The third-order valence-electron chi connectivity index (χ3n) is 2.74. The van der Waals surface area contributed by atoms with Gasteiger partial charge < -0.3 is 0 Å². The van der Waals surface area contributed by atoms with E-state index in [1.165, 1.54) is 12.1 Å². The second-order valence-electron chi connectivity index (χ2n) is 4.41. The van der Waals surface area contributed by atoms with Gasteiger partial charge in [0.15, 0.2) is 9.84 Å². The summed E-state index contributed by atoms with van der Waals surface area (Å²) in [6, 6.07) is 7.55. The van der Waals surface area contributed by atoms with Crippen LogP contribution in [0, 0.1) is 11.3 Å². The zero-order chi connectivity index (χ0) is 14.8. The average Bonchev–Trinajstić information content (AvgIpc) is 2.68. The first-order valence-corrected chi connectivity index (χ1v) is 9.07. The summed E-state index contributed by atoms with van der Waals surface area (Å²) in [6.07, 6.45) is 1.31. The molecule has 0 saturated carbocycles. The number of hydrogen-bond acceptors (Lipinski definition) is 5. The lowest BCUT2D eigenvalue weighted by molar-refractivity contribution is 0.574. The lowest BCUT2D eigenvalue weighted by atomic mass is 10.1. The Hall–Kier alpha value is -1.69. The van der Waals surface area contributed by atoms with Gasteiger partial charge in [-0.05, 0) is 11.6 Å². The van der Waals surface area contributed by atoms with Gasteiger partial charge in [0, 0.05) is 5.41 Å². The van der Waals surface area contributed by atoms with E-state index in [1.807, 2.05) is 6.07 Å². The van der Waals surface area contributed by atoms with Gasteiger partial charge in [-0.25, -0.2) is 21.6 Å². The van der Waals surface area contributed by atoms with Crippen LogP contribution < -0.4 is 4.72 Å². The maximum Gasteiger partial charge on any atom is 0.216 e. The Morgan fingerprint density at radius 3 is 2.65 bits per heavy atom. The van der Waals surface area contributed by atoms with Gasteiger partial charge in [0.2, 0.25) is 10.0 Å². The first-order chi connectivity index (χ1) is 9.31. The van der Waals surface area contributed by atoms with Crippen molar-refractivity contribution < 1.29 is 16.8 Å². The summed E-state index contributed by atoms with van der Waals surface area (Å²) in [4.78, 5) is 0. The predicted octanol–water partition coefficient (Wildman–Crippen LogP) is 0.288. The Kier molecular flexibility index (Phi) is 3.94. The molecule has 0 amide bonds. The number of sulfone groups is 1. The molecule has 1 aromatic carbocycles. The summed E-state index contributed by atoms with van der Waals surface area (Å²) in [5, 5.41) is 9.92. The monoisotopic (exact) mass is 312 g/mol. The molecule has 1 unspecified atom stereocenters. The molecule has 1 heterocycles. The molecule has 0 saturated heterocycles. The van der Waals surface area contributed by atoms with Gasteiger partial charge in [-0.15, -0.1) is 0 Å². The summed E-state index contributed by atoms with van der Waals surface area (Å²) in [5.74, 6) is -0.632. The fourth-order valence-electron chi connectivity index (χ4n) is 1.88. The minimum atomic E-state index is -3.72. The van der Waals surface area contributed by atoms with Crippen molar-refractivity contribution in [2.45, 2.75) is 11.8 Å². The third-order valence-corrected chi connectivity index (χ3v) is 5.49. The van der Waals surface area contributed by atoms with Crippen LogP contribution in [-0.4, -0.2) is 28.6 Å². The van der Waals surface area contributed by atoms with Gasteiger partial charge >= 0.3 is 0 Å². The molecule has 20 heavy (non-hydrogen) atoms. The third kappa shape index (κ3) is 3.66. The van der Waals surface area contributed by atoms with Crippen LogP contribution in [0.4, 0.5) is 0 Å². The van der Waals surface area contributed by atoms with Crippen LogP contribution in [0.1, 0.15) is 11.1 Å². The highest BCUT2D eigenvalue weighted by Crippen LogP contribution is 2.13. The molecule has 0 spiro atoms. The summed E-state index contributed by atoms with van der Waals surface area (Å²) in [5.41, 5.74) is 0.666. The van der Waals surface area contributed by atoms with Crippen LogP contribution in [-0.2, 0) is 25.6 Å². The Morgan fingerprint density at radius 2 is 2.05 bits per heavy atom. The minimum Gasteiger partial charge on any atom is -0.224 e. The summed E-state index contributed by atoms with van der Waals surface area (Å²) >= 11 is 0. The molecule has 2 rings (SSSR count). The molecule has 8 heteroatoms. The minimum absolute atomic E-state index is 0.272. The Labute approximate surface area is 117 Å². The van der Waals surface area contributed by atoms with Gasteiger partial charge in [-0.2, -0.15) is 5.26 Å². The van der Waals surface area contributed by atoms with E-state index >= 15 is 0 Å². The maximum absolute atomic E-state index is 12.0. The maximum atomic E-state index is 12.0. The lowest BCUT2D eigenvalue weighted by Gasteiger charge is -2.11. The fraction of sp³-hybridized carbons (Fsp3) is 0.250. The molecule has 1 N–H and O–H groups in total. The van der Waals surface area contributed by atoms with Crippen molar-refractivity contribution in [3.8, 4) is 6.07 Å². The van der Waals surface area contributed by atoms with E-state index in [0.717, 1.165) is 5.41 Å². The van der Waals surface area contributed by atoms with Crippen molar-refractivity contribution in [3.05, 3.63) is 46.9 Å². The van der Waals surface area contributed by atoms with E-state index in [4.69, 9.17) is 5.26 Å². The van der Waals surface area contributed by atoms with E-state index in [-0.39, 0.29) is 17.1 Å². The summed E-state index contributed by atoms with van der Waals surface area (Å²) in [6.45, 7) is 0. The molecule has 0 aliphatic carbocycles. The molecule has 0 bridgehead atoms. The molecule has 106 valence electrons. The Morgan fingerprint density at radius 1 is 1.35 bits per heavy atom. The zero-order valence-electron chi connectivity index (χ0n) is 10.4. The fourth-order valence-corrected chi connectivity index (χ4v) is 4.59. The van der Waals surface area contributed by atoms with Crippen molar-refractivity contribution >= 4 is 19.9 Å². The largest absolute Gasteiger partial charge is 0.224 e. The second kappa shape index (κ2) is 5.36. The molecule has 1 aliphatic rings. The molecule has 1 aromatic rings. The first kappa shape index (κ1) is 14.7. The second-order valence-corrected chi connectivity index (χ2v) is 8.10. The molecular formula is C12H12N2O4S2. The van der Waals surface area contributed by atoms with E-state index in [9.17, 15) is 16.8 Å². The van der Waals surface area contributed by atoms with E-state index < -0.39 is 25.9 Å². The number of nitriles is 1. The van der Waals surface area contributed by atoms with Crippen molar-refractivity contribution in [3.63, 3.8) is 0 Å². The van der Waals surface area contributed by atoms with Gasteiger partial charge in [-0.3, -0.25) is 0 Å². The van der Waals surface area contributed by atoms with Crippen LogP contribution in [0.3, 0.4) is 0 Å². The van der Waals surface area contributed by atoms with Crippen LogP contribution >= 0.6 is 0 Å². The molecule has 0 radical (unpaired) electrons. The van der Waals surface area contributed by atoms with Crippen molar-refractivity contribution in [1.82, 2.24) is 4.72 Å². The lowest BCUT2D eigenvalue weighted by Crippen LogP contribution is -2.36. The van der Waals surface area contributed by atoms with Crippen LogP contribution in [0.5, 0.6) is 0 Å². The van der Waals surface area contributed by atoms with Gasteiger partial charge in [0.1, 0.15) is 0 Å². The summed E-state index contributed by atoms with van der Waals surface area (Å²) < 4.78 is 48.7. The molecule has 0 aromatic heterocycles. The highest BCUT2D eigenvalue weighted by atomic mass is 32.2. The smallest absolute Gasteiger partial charge is 0.216 e. The number of nitrogens with one attached hydrogen (secondary N) is 1. The van der Waals surface area contributed by atoms with E-state index in [0.29, 0.717) is 5.56 Å². The summed E-state index contributed by atoms with van der Waals surface area (Å²) in [7, 11) is -7.03. The van der Waals surface area contributed by atoms with Gasteiger partial charge in [0.25, 0.3) is 0 Å². The van der Waals surface area contributed by atoms with Crippen LogP contribution in [0.25, 0.3) is 0 Å². The normalized spacial score (nSPS) is 20.6. The zero-order valence-corrected chi connectivity index (χ0v) is 12.0. The quantitative estimate of drug-likeness (QED) is 0.860. The molecule has 0 fully saturated rings. The van der Waals surface area contributed by atoms with E-state index in [1.54, 1.807) is 18.2 Å². The number of benzene rings is 1. The highest BCUT2D eigenvalue weighted by Gasteiger charge is 2.26. The highest BCUT2D eigenvalue weighted by molar-refractivity contribution is 7.94. The molecule has 1 aliphatic heterocycles. The van der Waals surface area contributed by atoms with Crippen molar-refractivity contribution in [1.29, 1.82) is 5.26 Å². The topological polar surface area (TPSA) is 104 Å². The average molecular weight is 312 g/mol. The van der Waals surface area contributed by atoms with Gasteiger partial charge in [-0.1, -0.05) is 24.3 Å². The first-order valence-electron chi connectivity index (χ1n) is 5.70. The van der Waals surface area contributed by atoms with E-state index in [2.05, 4.69) is 4.72 Å². The van der Waals surface area contributed by atoms with Crippen molar-refractivity contribution in [2.24, 2.45) is 0 Å². The number of nitrogens with zero attached hydrogens (tertiary/aromatic N) is 1.